The van der Waals surface area contributed by atoms with Crippen LogP contribution in [0.15, 0.2) is 63.2 Å². The van der Waals surface area contributed by atoms with Crippen LogP contribution in [0.25, 0.3) is 11.2 Å². The van der Waals surface area contributed by atoms with E-state index in [9.17, 15) is 14.0 Å². The predicted octanol–water partition coefficient (Wildman–Crippen LogP) is 2.72. The Hall–Kier alpha value is -3.72. The zero-order chi connectivity index (χ0) is 22.1. The first kappa shape index (κ1) is 20.5. The van der Waals surface area contributed by atoms with Crippen molar-refractivity contribution in [3.8, 4) is 0 Å². The van der Waals surface area contributed by atoms with Crippen LogP contribution in [0.1, 0.15) is 11.1 Å². The van der Waals surface area contributed by atoms with Crippen molar-refractivity contribution >= 4 is 34.9 Å². The van der Waals surface area contributed by atoms with Crippen LogP contribution in [-0.4, -0.2) is 24.9 Å². The van der Waals surface area contributed by atoms with Gasteiger partial charge in [0.15, 0.2) is 11.2 Å². The molecule has 31 heavy (non-hydrogen) atoms. The Bertz CT molecular complexity index is 1400. The smallest absolute Gasteiger partial charge is 0.298 e. The van der Waals surface area contributed by atoms with Gasteiger partial charge in [0.25, 0.3) is 5.56 Å². The number of hydrogen-bond acceptors (Lipinski definition) is 5. The maximum Gasteiger partial charge on any atom is 0.332 e. The van der Waals surface area contributed by atoms with E-state index >= 15 is 0 Å². The second-order valence-electron chi connectivity index (χ2n) is 6.95. The minimum absolute atomic E-state index is 0.238. The second kappa shape index (κ2) is 8.19. The summed E-state index contributed by atoms with van der Waals surface area (Å²) in [5.74, 6) is -0.0618. The monoisotopic (exact) mass is 440 g/mol. The molecule has 0 unspecified atom stereocenters. The summed E-state index contributed by atoms with van der Waals surface area (Å²) >= 11 is 5.98. The molecule has 2 heterocycles. The van der Waals surface area contributed by atoms with E-state index in [0.29, 0.717) is 17.1 Å². The molecule has 158 valence electrons. The molecule has 0 fully saturated rings. The molecule has 8 nitrogen and oxygen atoms in total. The average Bonchev–Trinajstić information content (AvgIpc) is 3.12. The molecule has 4 aromatic rings. The summed E-state index contributed by atoms with van der Waals surface area (Å²) in [4.78, 5) is 29.6. The minimum atomic E-state index is -0.477. The lowest BCUT2D eigenvalue weighted by Gasteiger charge is -2.09. The zero-order valence-corrected chi connectivity index (χ0v) is 17.5. The summed E-state index contributed by atoms with van der Waals surface area (Å²) in [5, 5.41) is 4.76. The molecule has 0 amide bonds. The van der Waals surface area contributed by atoms with Crippen molar-refractivity contribution < 1.29 is 4.39 Å². The van der Waals surface area contributed by atoms with Crippen molar-refractivity contribution in [3.05, 3.63) is 91.3 Å². The van der Waals surface area contributed by atoms with E-state index in [-0.39, 0.29) is 22.9 Å². The van der Waals surface area contributed by atoms with E-state index in [1.54, 1.807) is 35.9 Å². The quantitative estimate of drug-likeness (QED) is 0.382. The zero-order valence-electron chi connectivity index (χ0n) is 16.7. The molecule has 2 aromatic carbocycles. The third-order valence-corrected chi connectivity index (χ3v) is 5.10. The van der Waals surface area contributed by atoms with Gasteiger partial charge in [0.05, 0.1) is 12.8 Å². The summed E-state index contributed by atoms with van der Waals surface area (Å²) in [6.07, 6.45) is 1.50. The number of hydrazone groups is 1. The number of imidazole rings is 1. The normalized spacial score (nSPS) is 11.5. The summed E-state index contributed by atoms with van der Waals surface area (Å²) in [6, 6.07) is 13.0. The number of anilines is 1. The van der Waals surface area contributed by atoms with E-state index < -0.39 is 11.2 Å². The fourth-order valence-corrected chi connectivity index (χ4v) is 3.30. The van der Waals surface area contributed by atoms with Crippen LogP contribution < -0.4 is 16.7 Å². The molecule has 10 heteroatoms. The SMILES string of the molecule is Cn1c(=O)c2c(nc(N/N=C\c3ccc(F)cc3)n2Cc2ccc(Cl)cc2)n(C)c1=O. The van der Waals surface area contributed by atoms with Gasteiger partial charge in [-0.2, -0.15) is 10.1 Å². The minimum Gasteiger partial charge on any atom is -0.298 e. The fourth-order valence-electron chi connectivity index (χ4n) is 3.17. The van der Waals surface area contributed by atoms with Gasteiger partial charge in [0, 0.05) is 19.1 Å². The topological polar surface area (TPSA) is 86.2 Å². The fraction of sp³-hybridized carbons (Fsp3) is 0.143. The molecule has 2 aromatic heterocycles. The number of nitrogens with one attached hydrogen (secondary N) is 1. The van der Waals surface area contributed by atoms with Crippen LogP contribution in [0.3, 0.4) is 0 Å². The Morgan fingerprint density at radius 1 is 1.06 bits per heavy atom. The van der Waals surface area contributed by atoms with Crippen LogP contribution in [0.5, 0.6) is 0 Å². The lowest BCUT2D eigenvalue weighted by atomic mass is 10.2. The number of halogens is 2. The van der Waals surface area contributed by atoms with Gasteiger partial charge in [0.1, 0.15) is 5.82 Å². The largest absolute Gasteiger partial charge is 0.332 e. The summed E-state index contributed by atoms with van der Waals surface area (Å²) in [6.45, 7) is 0.301. The Balaban J connectivity index is 1.80. The number of benzene rings is 2. The number of rotatable bonds is 5. The van der Waals surface area contributed by atoms with Gasteiger partial charge in [-0.1, -0.05) is 35.9 Å². The lowest BCUT2D eigenvalue weighted by molar-refractivity contribution is 0.628. The second-order valence-corrected chi connectivity index (χ2v) is 7.38. The maximum absolute atomic E-state index is 13.1. The molecule has 0 atom stereocenters. The van der Waals surface area contributed by atoms with E-state index in [2.05, 4.69) is 15.5 Å². The van der Waals surface area contributed by atoms with Crippen molar-refractivity contribution in [2.45, 2.75) is 6.54 Å². The van der Waals surface area contributed by atoms with Gasteiger partial charge in [-0.05, 0) is 35.4 Å². The van der Waals surface area contributed by atoms with Crippen LogP contribution in [0.4, 0.5) is 10.3 Å². The molecule has 0 saturated heterocycles. The average molecular weight is 441 g/mol. The Morgan fingerprint density at radius 2 is 1.74 bits per heavy atom. The summed E-state index contributed by atoms with van der Waals surface area (Å²) < 4.78 is 17.1. The Labute approximate surface area is 180 Å². The van der Waals surface area contributed by atoms with Crippen LogP contribution in [-0.2, 0) is 20.6 Å². The highest BCUT2D eigenvalue weighted by atomic mass is 35.5. The summed E-state index contributed by atoms with van der Waals surface area (Å²) in [7, 11) is 2.97. The standard InChI is InChI=1S/C21H18ClFN6O2/c1-27-18-17(19(30)28(2)21(27)31)29(12-14-3-7-15(22)8-4-14)20(25-18)26-24-11-13-5-9-16(23)10-6-13/h3-11H,12H2,1-2H3,(H,25,26)/b24-11-. The molecule has 0 saturated carbocycles. The van der Waals surface area contributed by atoms with Gasteiger partial charge in [-0.3, -0.25) is 18.5 Å². The molecule has 0 bridgehead atoms. The molecular weight excluding hydrogens is 423 g/mol. The van der Waals surface area contributed by atoms with Crippen LogP contribution in [0.2, 0.25) is 5.02 Å². The van der Waals surface area contributed by atoms with Gasteiger partial charge in [-0.15, -0.1) is 0 Å². The number of hydrogen-bond donors (Lipinski definition) is 1. The van der Waals surface area contributed by atoms with Gasteiger partial charge in [0.2, 0.25) is 5.95 Å². The van der Waals surface area contributed by atoms with Crippen molar-refractivity contribution in [1.29, 1.82) is 0 Å². The van der Waals surface area contributed by atoms with E-state index in [4.69, 9.17) is 11.6 Å². The van der Waals surface area contributed by atoms with Crippen LogP contribution in [0, 0.1) is 5.82 Å². The molecular formula is C21H18ClFN6O2. The molecule has 0 radical (unpaired) electrons. The lowest BCUT2D eigenvalue weighted by Crippen LogP contribution is -2.37. The molecule has 0 spiro atoms. The van der Waals surface area contributed by atoms with Crippen molar-refractivity contribution in [3.63, 3.8) is 0 Å². The van der Waals surface area contributed by atoms with Gasteiger partial charge in [-0.25, -0.2) is 14.6 Å². The van der Waals surface area contributed by atoms with E-state index in [1.807, 2.05) is 12.1 Å². The maximum atomic E-state index is 13.1. The van der Waals surface area contributed by atoms with E-state index in [0.717, 1.165) is 10.1 Å². The Kier molecular flexibility index (Phi) is 5.43. The molecule has 0 aliphatic heterocycles. The predicted molar refractivity (Wildman–Crippen MR) is 118 cm³/mol. The van der Waals surface area contributed by atoms with Crippen molar-refractivity contribution in [2.24, 2.45) is 19.2 Å². The number of nitrogens with zero attached hydrogens (tertiary/aromatic N) is 5. The highest BCUT2D eigenvalue weighted by molar-refractivity contribution is 6.30. The highest BCUT2D eigenvalue weighted by Gasteiger charge is 2.19. The first-order valence-corrected chi connectivity index (χ1v) is 9.68. The first-order valence-electron chi connectivity index (χ1n) is 9.30. The van der Waals surface area contributed by atoms with Gasteiger partial charge >= 0.3 is 5.69 Å². The van der Waals surface area contributed by atoms with E-state index in [1.165, 1.54) is 30.0 Å². The molecule has 0 aliphatic rings. The molecule has 0 aliphatic carbocycles. The third kappa shape index (κ3) is 3.99. The molecule has 1 N–H and O–H groups in total. The third-order valence-electron chi connectivity index (χ3n) is 4.85. The highest BCUT2D eigenvalue weighted by Crippen LogP contribution is 2.19. The molecule has 4 rings (SSSR count). The van der Waals surface area contributed by atoms with Crippen molar-refractivity contribution in [2.75, 3.05) is 5.43 Å². The summed E-state index contributed by atoms with van der Waals surface area (Å²) in [5.41, 5.74) is 3.95. The van der Waals surface area contributed by atoms with Gasteiger partial charge < -0.3 is 0 Å². The van der Waals surface area contributed by atoms with Crippen molar-refractivity contribution in [1.82, 2.24) is 18.7 Å². The Morgan fingerprint density at radius 3 is 2.42 bits per heavy atom. The van der Waals surface area contributed by atoms with Crippen LogP contribution >= 0.6 is 11.6 Å². The first-order chi connectivity index (χ1) is 14.8. The number of aryl methyl sites for hydroxylation is 1. The number of fused-ring (bicyclic) bond motifs is 1. The number of aromatic nitrogens is 4.